The third kappa shape index (κ3) is 7.20. The monoisotopic (exact) mass is 604 g/mol. The van der Waals surface area contributed by atoms with Crippen molar-refractivity contribution >= 4 is 23.4 Å². The van der Waals surface area contributed by atoms with Crippen molar-refractivity contribution in [1.82, 2.24) is 4.90 Å². The van der Waals surface area contributed by atoms with Gasteiger partial charge in [0.2, 0.25) is 0 Å². The average molecular weight is 605 g/mol. The number of nitrogens with one attached hydrogen (secondary N) is 1. The van der Waals surface area contributed by atoms with Crippen molar-refractivity contribution < 1.29 is 37.0 Å². The highest BCUT2D eigenvalue weighted by Crippen LogP contribution is 2.44. The number of alkyl halides is 3. The molecule has 1 aliphatic rings. The van der Waals surface area contributed by atoms with Crippen LogP contribution < -0.4 is 5.32 Å². The molecular weight excluding hydrogens is 573 g/mol. The lowest BCUT2D eigenvalue weighted by Gasteiger charge is -2.19. The van der Waals surface area contributed by atoms with Crippen LogP contribution in [0.5, 0.6) is 0 Å². The number of rotatable bonds is 11. The van der Waals surface area contributed by atoms with Crippen molar-refractivity contribution in [2.45, 2.75) is 12.1 Å². The molecule has 0 heterocycles. The predicted octanol–water partition coefficient (Wildman–Crippen LogP) is 7.50. The van der Waals surface area contributed by atoms with Crippen LogP contribution in [0, 0.1) is 0 Å². The lowest BCUT2D eigenvalue weighted by molar-refractivity contribution is -0.137. The van der Waals surface area contributed by atoms with Crippen LogP contribution >= 0.6 is 0 Å². The molecule has 0 fully saturated rings. The van der Waals surface area contributed by atoms with E-state index in [1.807, 2.05) is 24.3 Å². The van der Waals surface area contributed by atoms with E-state index in [4.69, 9.17) is 14.2 Å². The van der Waals surface area contributed by atoms with E-state index in [1.165, 1.54) is 23.1 Å². The van der Waals surface area contributed by atoms with Gasteiger partial charge in [-0.3, -0.25) is 0 Å². The van der Waals surface area contributed by atoms with E-state index < -0.39 is 23.8 Å². The zero-order valence-corrected chi connectivity index (χ0v) is 24.0. The molecule has 0 atom stereocenters. The summed E-state index contributed by atoms with van der Waals surface area (Å²) in [4.78, 5) is 26.7. The standard InChI is InChI=1S/C34H31F3N2O5/c1-39(33(41)44-22-30-27-13-4-2-11-25(27)26-12-3-5-14-28(26)30)17-18-42-19-20-43-32(40)29-15-6-7-16-31(29)38-24-10-8-9-23(21-24)34(35,36)37/h2-16,21,30,38H,17-20,22H2,1H3. The van der Waals surface area contributed by atoms with Crippen molar-refractivity contribution in [3.63, 3.8) is 0 Å². The van der Waals surface area contributed by atoms with Gasteiger partial charge in [0.05, 0.1) is 30.0 Å². The number of esters is 1. The topological polar surface area (TPSA) is 77.1 Å². The fourth-order valence-electron chi connectivity index (χ4n) is 5.07. The molecule has 0 saturated heterocycles. The SMILES string of the molecule is CN(CCOCCOC(=O)c1ccccc1Nc1cccc(C(F)(F)F)c1)C(=O)OCC1c2ccccc2-c2ccccc21. The van der Waals surface area contributed by atoms with E-state index in [2.05, 4.69) is 29.6 Å². The Hall–Kier alpha value is -4.83. The number of amides is 1. The minimum Gasteiger partial charge on any atom is -0.460 e. The zero-order valence-electron chi connectivity index (χ0n) is 24.0. The van der Waals surface area contributed by atoms with Crippen LogP contribution in [0.15, 0.2) is 97.1 Å². The normalized spacial score (nSPS) is 12.3. The van der Waals surface area contributed by atoms with Gasteiger partial charge in [0.25, 0.3) is 0 Å². The van der Waals surface area contributed by atoms with E-state index in [-0.39, 0.29) is 50.1 Å². The summed E-state index contributed by atoms with van der Waals surface area (Å²) in [5.41, 5.74) is 4.44. The second-order valence-electron chi connectivity index (χ2n) is 10.2. The Morgan fingerprint density at radius 1 is 0.795 bits per heavy atom. The molecule has 0 spiro atoms. The molecule has 0 unspecified atom stereocenters. The Labute approximate surface area is 253 Å². The maximum absolute atomic E-state index is 13.1. The highest BCUT2D eigenvalue weighted by molar-refractivity contribution is 5.96. The zero-order chi connectivity index (χ0) is 31.1. The average Bonchev–Trinajstić information content (AvgIpc) is 3.34. The first-order chi connectivity index (χ1) is 21.2. The van der Waals surface area contributed by atoms with Gasteiger partial charge in [-0.05, 0) is 52.6 Å². The maximum atomic E-state index is 13.1. The fraction of sp³-hybridized carbons (Fsp3) is 0.235. The summed E-state index contributed by atoms with van der Waals surface area (Å²) in [6.45, 7) is 0.733. The number of hydrogen-bond acceptors (Lipinski definition) is 6. The summed E-state index contributed by atoms with van der Waals surface area (Å²) in [6, 6.07) is 27.3. The van der Waals surface area contributed by atoms with Crippen LogP contribution in [0.2, 0.25) is 0 Å². The van der Waals surface area contributed by atoms with Gasteiger partial charge in [0.1, 0.15) is 13.2 Å². The Morgan fingerprint density at radius 3 is 2.16 bits per heavy atom. The van der Waals surface area contributed by atoms with Crippen LogP contribution in [0.25, 0.3) is 11.1 Å². The summed E-state index contributed by atoms with van der Waals surface area (Å²) in [6.07, 6.45) is -4.95. The Bertz CT molecular complexity index is 1580. The van der Waals surface area contributed by atoms with Crippen molar-refractivity contribution in [2.24, 2.45) is 0 Å². The molecule has 0 aliphatic heterocycles. The van der Waals surface area contributed by atoms with Crippen molar-refractivity contribution in [3.8, 4) is 11.1 Å². The number of para-hydroxylation sites is 1. The number of benzene rings is 4. The molecule has 0 saturated carbocycles. The van der Waals surface area contributed by atoms with Gasteiger partial charge < -0.3 is 24.4 Å². The van der Waals surface area contributed by atoms with E-state index in [1.54, 1.807) is 25.2 Å². The molecule has 4 aromatic carbocycles. The van der Waals surface area contributed by atoms with Crippen molar-refractivity contribution in [2.75, 3.05) is 45.3 Å². The Balaban J connectivity index is 1.04. The molecule has 44 heavy (non-hydrogen) atoms. The summed E-state index contributed by atoms with van der Waals surface area (Å²) >= 11 is 0. The lowest BCUT2D eigenvalue weighted by Crippen LogP contribution is -2.32. The third-order valence-corrected chi connectivity index (χ3v) is 7.30. The van der Waals surface area contributed by atoms with Gasteiger partial charge in [-0.2, -0.15) is 13.2 Å². The first-order valence-corrected chi connectivity index (χ1v) is 14.1. The molecule has 4 aromatic rings. The molecule has 1 aliphatic carbocycles. The highest BCUT2D eigenvalue weighted by atomic mass is 19.4. The molecule has 228 valence electrons. The summed E-state index contributed by atoms with van der Waals surface area (Å²) in [7, 11) is 1.62. The van der Waals surface area contributed by atoms with Crippen LogP contribution in [-0.2, 0) is 20.4 Å². The van der Waals surface area contributed by atoms with Gasteiger partial charge in [0.15, 0.2) is 0 Å². The first kappa shape index (κ1) is 30.6. The highest BCUT2D eigenvalue weighted by Gasteiger charge is 2.31. The van der Waals surface area contributed by atoms with Gasteiger partial charge >= 0.3 is 18.2 Å². The van der Waals surface area contributed by atoms with E-state index in [0.29, 0.717) is 5.69 Å². The second kappa shape index (κ2) is 13.6. The molecular formula is C34H31F3N2O5. The molecule has 7 nitrogen and oxygen atoms in total. The Morgan fingerprint density at radius 2 is 1.45 bits per heavy atom. The number of nitrogens with zero attached hydrogens (tertiary/aromatic N) is 1. The van der Waals surface area contributed by atoms with Gasteiger partial charge in [0, 0.05) is 25.2 Å². The van der Waals surface area contributed by atoms with Gasteiger partial charge in [-0.25, -0.2) is 9.59 Å². The lowest BCUT2D eigenvalue weighted by atomic mass is 9.98. The summed E-state index contributed by atoms with van der Waals surface area (Å²) < 4.78 is 55.7. The van der Waals surface area contributed by atoms with E-state index in [0.717, 1.165) is 34.4 Å². The number of anilines is 2. The van der Waals surface area contributed by atoms with Gasteiger partial charge in [-0.1, -0.05) is 66.7 Å². The molecule has 1 N–H and O–H groups in total. The number of carbonyl (C=O) groups is 2. The largest absolute Gasteiger partial charge is 0.460 e. The number of carbonyl (C=O) groups excluding carboxylic acids is 2. The Kier molecular flexibility index (Phi) is 9.50. The smallest absolute Gasteiger partial charge is 0.416 e. The minimum atomic E-state index is -4.49. The summed E-state index contributed by atoms with van der Waals surface area (Å²) in [5.74, 6) is -0.685. The number of fused-ring (bicyclic) bond motifs is 3. The maximum Gasteiger partial charge on any atom is 0.416 e. The number of halogens is 3. The molecule has 5 rings (SSSR count). The summed E-state index contributed by atoms with van der Waals surface area (Å²) in [5, 5.41) is 2.86. The minimum absolute atomic E-state index is 0.0314. The molecule has 0 aromatic heterocycles. The molecule has 10 heteroatoms. The van der Waals surface area contributed by atoms with Crippen LogP contribution in [0.3, 0.4) is 0 Å². The third-order valence-electron chi connectivity index (χ3n) is 7.30. The van der Waals surface area contributed by atoms with Crippen LogP contribution in [0.1, 0.15) is 33.0 Å². The number of hydrogen-bond donors (Lipinski definition) is 1. The molecule has 0 bridgehead atoms. The van der Waals surface area contributed by atoms with Crippen LogP contribution in [0.4, 0.5) is 29.3 Å². The first-order valence-electron chi connectivity index (χ1n) is 14.1. The number of ether oxygens (including phenoxy) is 3. The fourth-order valence-corrected chi connectivity index (χ4v) is 5.07. The predicted molar refractivity (Wildman–Crippen MR) is 160 cm³/mol. The van der Waals surface area contributed by atoms with Crippen molar-refractivity contribution in [3.05, 3.63) is 119 Å². The van der Waals surface area contributed by atoms with E-state index in [9.17, 15) is 22.8 Å². The molecule has 1 amide bonds. The van der Waals surface area contributed by atoms with Crippen molar-refractivity contribution in [1.29, 1.82) is 0 Å². The van der Waals surface area contributed by atoms with Crippen LogP contribution in [-0.4, -0.2) is 57.0 Å². The number of likely N-dealkylation sites (N-methyl/N-ethyl adjacent to an activating group) is 1. The van der Waals surface area contributed by atoms with E-state index >= 15 is 0 Å². The van der Waals surface area contributed by atoms with Gasteiger partial charge in [-0.15, -0.1) is 0 Å². The second-order valence-corrected chi connectivity index (χ2v) is 10.2. The molecule has 0 radical (unpaired) electrons. The quantitative estimate of drug-likeness (QED) is 0.141.